The minimum absolute atomic E-state index is 0.462. The van der Waals surface area contributed by atoms with E-state index >= 15 is 0 Å². The van der Waals surface area contributed by atoms with Crippen LogP contribution in [0.5, 0.6) is 0 Å². The molecule has 0 rings (SSSR count). The van der Waals surface area contributed by atoms with Crippen molar-refractivity contribution >= 4 is 5.97 Å². The lowest BCUT2D eigenvalue weighted by Gasteiger charge is -2.11. The molecule has 0 heterocycles. The van der Waals surface area contributed by atoms with E-state index < -0.39 is 12.1 Å². The molecule has 0 spiro atoms. The molecular weight excluding hydrogens is 180 g/mol. The fourth-order valence-electron chi connectivity index (χ4n) is 1.27. The van der Waals surface area contributed by atoms with Crippen LogP contribution in [0, 0.1) is 0 Å². The Labute approximate surface area is 85.8 Å². The zero-order chi connectivity index (χ0) is 10.8. The molecule has 3 heteroatoms. The van der Waals surface area contributed by atoms with Gasteiger partial charge in [-0.1, -0.05) is 18.9 Å². The van der Waals surface area contributed by atoms with Gasteiger partial charge in [-0.3, -0.25) is 0 Å². The van der Waals surface area contributed by atoms with Gasteiger partial charge in [-0.2, -0.15) is 0 Å². The molecule has 0 bridgehead atoms. The molecule has 0 saturated carbocycles. The van der Waals surface area contributed by atoms with Gasteiger partial charge >= 0.3 is 5.97 Å². The Morgan fingerprint density at radius 2 is 2.21 bits per heavy atom. The normalized spacial score (nSPS) is 12.4. The van der Waals surface area contributed by atoms with Gasteiger partial charge in [-0.05, 0) is 26.2 Å². The molecule has 0 fully saturated rings. The third kappa shape index (κ3) is 6.66. The third-order valence-corrected chi connectivity index (χ3v) is 2.02. The van der Waals surface area contributed by atoms with E-state index in [2.05, 4.69) is 6.58 Å². The molecule has 0 aromatic heterocycles. The van der Waals surface area contributed by atoms with Crippen molar-refractivity contribution in [2.75, 3.05) is 6.61 Å². The molecule has 1 atom stereocenters. The SMILES string of the molecule is C=CCCCCCC(OCC)C(=O)O. The van der Waals surface area contributed by atoms with Gasteiger partial charge in [0.15, 0.2) is 6.10 Å². The van der Waals surface area contributed by atoms with Crippen molar-refractivity contribution in [3.8, 4) is 0 Å². The maximum atomic E-state index is 10.7. The quantitative estimate of drug-likeness (QED) is 0.459. The molecule has 0 aromatic carbocycles. The summed E-state index contributed by atoms with van der Waals surface area (Å²) in [6.45, 7) is 5.91. The second-order valence-electron chi connectivity index (χ2n) is 3.21. The predicted molar refractivity (Wildman–Crippen MR) is 56.3 cm³/mol. The summed E-state index contributed by atoms with van der Waals surface area (Å²) < 4.78 is 5.09. The first-order valence-corrected chi connectivity index (χ1v) is 5.17. The highest BCUT2D eigenvalue weighted by Crippen LogP contribution is 2.08. The zero-order valence-electron chi connectivity index (χ0n) is 8.87. The summed E-state index contributed by atoms with van der Waals surface area (Å²) in [7, 11) is 0. The first-order chi connectivity index (χ1) is 6.72. The van der Waals surface area contributed by atoms with Gasteiger partial charge in [-0.15, -0.1) is 6.58 Å². The maximum Gasteiger partial charge on any atom is 0.332 e. The van der Waals surface area contributed by atoms with Crippen LogP contribution in [0.3, 0.4) is 0 Å². The van der Waals surface area contributed by atoms with E-state index in [1.807, 2.05) is 13.0 Å². The van der Waals surface area contributed by atoms with Crippen molar-refractivity contribution in [3.05, 3.63) is 12.7 Å². The molecule has 1 unspecified atom stereocenters. The summed E-state index contributed by atoms with van der Waals surface area (Å²) in [5.74, 6) is -0.851. The Bertz CT molecular complexity index is 166. The average molecular weight is 200 g/mol. The molecule has 3 nitrogen and oxygen atoms in total. The second-order valence-corrected chi connectivity index (χ2v) is 3.21. The summed E-state index contributed by atoms with van der Waals surface area (Å²) in [5, 5.41) is 8.77. The number of aliphatic carboxylic acids is 1. The number of carboxylic acid groups (broad SMARTS) is 1. The van der Waals surface area contributed by atoms with Crippen LogP contribution >= 0.6 is 0 Å². The largest absolute Gasteiger partial charge is 0.479 e. The Balaban J connectivity index is 3.50. The van der Waals surface area contributed by atoms with Gasteiger partial charge in [0.05, 0.1) is 0 Å². The minimum Gasteiger partial charge on any atom is -0.479 e. The van der Waals surface area contributed by atoms with E-state index in [4.69, 9.17) is 9.84 Å². The first kappa shape index (κ1) is 13.2. The van der Waals surface area contributed by atoms with Crippen LogP contribution in [0.15, 0.2) is 12.7 Å². The van der Waals surface area contributed by atoms with Crippen LogP contribution in [0.4, 0.5) is 0 Å². The minimum atomic E-state index is -0.851. The number of unbranched alkanes of at least 4 members (excludes halogenated alkanes) is 3. The molecule has 14 heavy (non-hydrogen) atoms. The lowest BCUT2D eigenvalue weighted by molar-refractivity contribution is -0.150. The van der Waals surface area contributed by atoms with Crippen LogP contribution in [0.1, 0.15) is 39.0 Å². The molecular formula is C11H20O3. The topological polar surface area (TPSA) is 46.5 Å². The van der Waals surface area contributed by atoms with Crippen molar-refractivity contribution < 1.29 is 14.6 Å². The number of allylic oxidation sites excluding steroid dienone is 1. The van der Waals surface area contributed by atoms with Gasteiger partial charge in [0, 0.05) is 6.61 Å². The van der Waals surface area contributed by atoms with Crippen molar-refractivity contribution in [1.29, 1.82) is 0 Å². The van der Waals surface area contributed by atoms with E-state index in [9.17, 15) is 4.79 Å². The molecule has 0 radical (unpaired) electrons. The number of ether oxygens (including phenoxy) is 1. The highest BCUT2D eigenvalue weighted by molar-refractivity contribution is 5.72. The number of rotatable bonds is 9. The van der Waals surface area contributed by atoms with Crippen LogP contribution in [0.2, 0.25) is 0 Å². The highest BCUT2D eigenvalue weighted by Gasteiger charge is 2.15. The van der Waals surface area contributed by atoms with Crippen LogP contribution in [-0.2, 0) is 9.53 Å². The van der Waals surface area contributed by atoms with E-state index in [1.54, 1.807) is 0 Å². The average Bonchev–Trinajstić information content (AvgIpc) is 2.15. The van der Waals surface area contributed by atoms with Crippen LogP contribution in [0.25, 0.3) is 0 Å². The van der Waals surface area contributed by atoms with Crippen LogP contribution in [-0.4, -0.2) is 23.8 Å². The van der Waals surface area contributed by atoms with Gasteiger partial charge in [0.25, 0.3) is 0 Å². The molecule has 0 aliphatic heterocycles. The first-order valence-electron chi connectivity index (χ1n) is 5.17. The van der Waals surface area contributed by atoms with Gasteiger partial charge in [0.1, 0.15) is 0 Å². The summed E-state index contributed by atoms with van der Waals surface area (Å²) >= 11 is 0. The van der Waals surface area contributed by atoms with E-state index in [0.717, 1.165) is 25.7 Å². The van der Waals surface area contributed by atoms with Gasteiger partial charge < -0.3 is 9.84 Å². The third-order valence-electron chi connectivity index (χ3n) is 2.02. The molecule has 1 N–H and O–H groups in total. The summed E-state index contributed by atoms with van der Waals surface area (Å²) in [6, 6.07) is 0. The number of hydrogen-bond donors (Lipinski definition) is 1. The number of hydrogen-bond acceptors (Lipinski definition) is 2. The Morgan fingerprint density at radius 1 is 1.50 bits per heavy atom. The second kappa shape index (κ2) is 8.75. The molecule has 82 valence electrons. The van der Waals surface area contributed by atoms with E-state index in [0.29, 0.717) is 13.0 Å². The Hall–Kier alpha value is -0.830. The summed E-state index contributed by atoms with van der Waals surface area (Å²) in [6.07, 6.45) is 5.92. The monoisotopic (exact) mass is 200 g/mol. The predicted octanol–water partition coefficient (Wildman–Crippen LogP) is 2.61. The van der Waals surface area contributed by atoms with E-state index in [1.165, 1.54) is 0 Å². The number of carboxylic acids is 1. The van der Waals surface area contributed by atoms with Crippen molar-refractivity contribution in [1.82, 2.24) is 0 Å². The molecule has 0 aliphatic carbocycles. The van der Waals surface area contributed by atoms with Crippen molar-refractivity contribution in [2.45, 2.75) is 45.1 Å². The van der Waals surface area contributed by atoms with Gasteiger partial charge in [-0.25, -0.2) is 4.79 Å². The Morgan fingerprint density at radius 3 is 2.71 bits per heavy atom. The molecule has 0 saturated heterocycles. The summed E-state index contributed by atoms with van der Waals surface area (Å²) in [4.78, 5) is 10.7. The maximum absolute atomic E-state index is 10.7. The smallest absolute Gasteiger partial charge is 0.332 e. The van der Waals surface area contributed by atoms with Crippen LogP contribution < -0.4 is 0 Å². The standard InChI is InChI=1S/C11H20O3/c1-3-5-6-7-8-9-10(11(12)13)14-4-2/h3,10H,1,4-9H2,2H3,(H,12,13). The fraction of sp³-hybridized carbons (Fsp3) is 0.727. The van der Waals surface area contributed by atoms with E-state index in [-0.39, 0.29) is 0 Å². The lowest BCUT2D eigenvalue weighted by Crippen LogP contribution is -2.23. The summed E-state index contributed by atoms with van der Waals surface area (Å²) in [5.41, 5.74) is 0. The molecule has 0 aliphatic rings. The highest BCUT2D eigenvalue weighted by atomic mass is 16.5. The Kier molecular flexibility index (Phi) is 8.24. The van der Waals surface area contributed by atoms with Crippen molar-refractivity contribution in [3.63, 3.8) is 0 Å². The number of carbonyl (C=O) groups is 1. The zero-order valence-corrected chi connectivity index (χ0v) is 8.87. The lowest BCUT2D eigenvalue weighted by atomic mass is 10.1. The molecule has 0 amide bonds. The molecule has 0 aromatic rings. The van der Waals surface area contributed by atoms with Crippen molar-refractivity contribution in [2.24, 2.45) is 0 Å². The van der Waals surface area contributed by atoms with Gasteiger partial charge in [0.2, 0.25) is 0 Å². The fourth-order valence-corrected chi connectivity index (χ4v) is 1.27.